The minimum Gasteiger partial charge on any atom is -0.480 e. The van der Waals surface area contributed by atoms with Gasteiger partial charge < -0.3 is 20.3 Å². The van der Waals surface area contributed by atoms with Crippen LogP contribution in [0.15, 0.2) is 36.8 Å². The van der Waals surface area contributed by atoms with E-state index >= 15 is 0 Å². The van der Waals surface area contributed by atoms with E-state index in [-0.39, 0.29) is 12.1 Å². The van der Waals surface area contributed by atoms with E-state index < -0.39 is 0 Å². The molecule has 8 nitrogen and oxygen atoms in total. The van der Waals surface area contributed by atoms with Gasteiger partial charge in [-0.25, -0.2) is 19.7 Å². The lowest BCUT2D eigenvalue weighted by atomic mass is 10.1. The summed E-state index contributed by atoms with van der Waals surface area (Å²) in [6.45, 7) is 1.57. The molecule has 0 saturated carbocycles. The van der Waals surface area contributed by atoms with Crippen LogP contribution in [0.25, 0.3) is 0 Å². The van der Waals surface area contributed by atoms with Gasteiger partial charge in [0, 0.05) is 37.7 Å². The highest BCUT2D eigenvalue weighted by atomic mass is 16.5. The Hall–Kier alpha value is -2.90. The molecule has 2 amide bonds. The van der Waals surface area contributed by atoms with Gasteiger partial charge in [0.25, 0.3) is 0 Å². The van der Waals surface area contributed by atoms with Gasteiger partial charge in [-0.05, 0) is 31.0 Å². The van der Waals surface area contributed by atoms with Crippen LogP contribution in [0, 0.1) is 0 Å². The van der Waals surface area contributed by atoms with Crippen molar-refractivity contribution in [2.24, 2.45) is 0 Å². The molecule has 8 heteroatoms. The molecule has 1 fully saturated rings. The van der Waals surface area contributed by atoms with Crippen molar-refractivity contribution in [1.82, 2.24) is 20.3 Å². The van der Waals surface area contributed by atoms with E-state index in [4.69, 9.17) is 4.74 Å². The van der Waals surface area contributed by atoms with Crippen molar-refractivity contribution >= 4 is 17.7 Å². The highest BCUT2D eigenvalue weighted by molar-refractivity contribution is 5.90. The largest absolute Gasteiger partial charge is 0.480 e. The summed E-state index contributed by atoms with van der Waals surface area (Å²) in [5, 5.41) is 5.76. The summed E-state index contributed by atoms with van der Waals surface area (Å²) < 4.78 is 5.13. The van der Waals surface area contributed by atoms with Gasteiger partial charge in [0.05, 0.1) is 7.11 Å². The summed E-state index contributed by atoms with van der Waals surface area (Å²) in [6, 6.07) is 5.04. The molecule has 24 heavy (non-hydrogen) atoms. The highest BCUT2D eigenvalue weighted by Crippen LogP contribution is 2.20. The summed E-state index contributed by atoms with van der Waals surface area (Å²) >= 11 is 0. The fourth-order valence-electron chi connectivity index (χ4n) is 2.72. The SMILES string of the molecule is COc1ncccc1NC(=O)N[C@H]1CCCN(c2ncccn2)C1. The van der Waals surface area contributed by atoms with Gasteiger partial charge in [-0.3, -0.25) is 0 Å². The summed E-state index contributed by atoms with van der Waals surface area (Å²) in [5.74, 6) is 1.08. The molecule has 0 unspecified atom stereocenters. The number of carbonyl (C=O) groups is 1. The lowest BCUT2D eigenvalue weighted by Crippen LogP contribution is -2.49. The van der Waals surface area contributed by atoms with E-state index in [0.717, 1.165) is 19.4 Å². The molecular weight excluding hydrogens is 308 g/mol. The molecule has 126 valence electrons. The van der Waals surface area contributed by atoms with Gasteiger partial charge in [-0.1, -0.05) is 0 Å². The number of rotatable bonds is 4. The Bertz CT molecular complexity index is 681. The molecule has 0 bridgehead atoms. The molecule has 0 aliphatic carbocycles. The van der Waals surface area contributed by atoms with Crippen molar-refractivity contribution in [3.63, 3.8) is 0 Å². The Kier molecular flexibility index (Phi) is 5.05. The second-order valence-electron chi connectivity index (χ2n) is 5.49. The summed E-state index contributed by atoms with van der Waals surface area (Å²) in [4.78, 5) is 26.9. The number of methoxy groups -OCH3 is 1. The number of urea groups is 1. The fourth-order valence-corrected chi connectivity index (χ4v) is 2.72. The van der Waals surface area contributed by atoms with Crippen LogP contribution in [0.5, 0.6) is 5.88 Å². The number of hydrogen-bond acceptors (Lipinski definition) is 6. The van der Waals surface area contributed by atoms with Gasteiger partial charge in [-0.15, -0.1) is 0 Å². The van der Waals surface area contributed by atoms with Crippen LogP contribution in [0.3, 0.4) is 0 Å². The fraction of sp³-hybridized carbons (Fsp3) is 0.375. The predicted molar refractivity (Wildman–Crippen MR) is 90.2 cm³/mol. The first kappa shape index (κ1) is 16.0. The molecule has 0 aromatic carbocycles. The summed E-state index contributed by atoms with van der Waals surface area (Å²) in [5.41, 5.74) is 0.538. The molecule has 2 N–H and O–H groups in total. The number of piperidine rings is 1. The van der Waals surface area contributed by atoms with E-state index in [2.05, 4.69) is 30.5 Å². The highest BCUT2D eigenvalue weighted by Gasteiger charge is 2.23. The maximum atomic E-state index is 12.2. The maximum absolute atomic E-state index is 12.2. The quantitative estimate of drug-likeness (QED) is 0.887. The van der Waals surface area contributed by atoms with E-state index in [1.165, 1.54) is 7.11 Å². The van der Waals surface area contributed by atoms with Crippen molar-refractivity contribution in [2.45, 2.75) is 18.9 Å². The molecule has 1 aliphatic rings. The second kappa shape index (κ2) is 7.58. The van der Waals surface area contributed by atoms with Gasteiger partial charge in [-0.2, -0.15) is 0 Å². The Morgan fingerprint density at radius 2 is 2.04 bits per heavy atom. The molecule has 2 aromatic heterocycles. The average molecular weight is 328 g/mol. The Morgan fingerprint density at radius 1 is 1.25 bits per heavy atom. The number of carbonyl (C=O) groups excluding carboxylic acids is 1. The Morgan fingerprint density at radius 3 is 2.83 bits per heavy atom. The minimum atomic E-state index is -0.276. The number of ether oxygens (including phenoxy) is 1. The normalized spacial score (nSPS) is 17.2. The van der Waals surface area contributed by atoms with E-state index in [1.54, 1.807) is 36.8 Å². The average Bonchev–Trinajstić information content (AvgIpc) is 2.63. The van der Waals surface area contributed by atoms with Gasteiger partial charge in [0.2, 0.25) is 11.8 Å². The zero-order chi connectivity index (χ0) is 16.8. The first-order valence-corrected chi connectivity index (χ1v) is 7.85. The number of nitrogens with one attached hydrogen (secondary N) is 2. The standard InChI is InChI=1S/C16H20N6O2/c1-24-14-13(6-2-7-17-14)21-16(23)20-12-5-3-10-22(11-12)15-18-8-4-9-19-15/h2,4,6-9,12H,3,5,10-11H2,1H3,(H2,20,21,23)/t12-/m0/s1. The molecular formula is C16H20N6O2. The number of pyridine rings is 1. The molecule has 0 radical (unpaired) electrons. The first-order chi connectivity index (χ1) is 11.8. The Balaban J connectivity index is 1.58. The lowest BCUT2D eigenvalue weighted by molar-refractivity contribution is 0.246. The molecule has 3 heterocycles. The van der Waals surface area contributed by atoms with Crippen molar-refractivity contribution in [3.8, 4) is 5.88 Å². The van der Waals surface area contributed by atoms with Crippen LogP contribution in [-0.4, -0.2) is 47.2 Å². The van der Waals surface area contributed by atoms with Crippen LogP contribution < -0.4 is 20.3 Å². The lowest BCUT2D eigenvalue weighted by Gasteiger charge is -2.33. The van der Waals surface area contributed by atoms with E-state index in [1.807, 2.05) is 0 Å². The molecule has 1 atom stereocenters. The number of amides is 2. The van der Waals surface area contributed by atoms with Crippen LogP contribution in [0.1, 0.15) is 12.8 Å². The first-order valence-electron chi connectivity index (χ1n) is 7.85. The number of hydrogen-bond donors (Lipinski definition) is 2. The summed E-state index contributed by atoms with van der Waals surface area (Å²) in [7, 11) is 1.52. The van der Waals surface area contributed by atoms with Gasteiger partial charge in [0.15, 0.2) is 0 Å². The molecule has 2 aromatic rings. The molecule has 1 saturated heterocycles. The topological polar surface area (TPSA) is 92.3 Å². The zero-order valence-corrected chi connectivity index (χ0v) is 13.5. The summed E-state index contributed by atoms with van der Waals surface area (Å²) in [6.07, 6.45) is 6.95. The van der Waals surface area contributed by atoms with Crippen LogP contribution in [0.4, 0.5) is 16.4 Å². The van der Waals surface area contributed by atoms with E-state index in [9.17, 15) is 4.79 Å². The number of anilines is 2. The zero-order valence-electron chi connectivity index (χ0n) is 13.5. The van der Waals surface area contributed by atoms with Crippen LogP contribution >= 0.6 is 0 Å². The Labute approximate surface area is 140 Å². The maximum Gasteiger partial charge on any atom is 0.319 e. The predicted octanol–water partition coefficient (Wildman–Crippen LogP) is 1.67. The molecule has 3 rings (SSSR count). The second-order valence-corrected chi connectivity index (χ2v) is 5.49. The van der Waals surface area contributed by atoms with Gasteiger partial charge >= 0.3 is 6.03 Å². The molecule has 0 spiro atoms. The van der Waals surface area contributed by atoms with Crippen molar-refractivity contribution < 1.29 is 9.53 Å². The van der Waals surface area contributed by atoms with E-state index in [0.29, 0.717) is 24.1 Å². The van der Waals surface area contributed by atoms with Crippen molar-refractivity contribution in [3.05, 3.63) is 36.8 Å². The smallest absolute Gasteiger partial charge is 0.319 e. The minimum absolute atomic E-state index is 0.0326. The van der Waals surface area contributed by atoms with Crippen molar-refractivity contribution in [2.75, 3.05) is 30.4 Å². The van der Waals surface area contributed by atoms with Crippen LogP contribution in [-0.2, 0) is 0 Å². The monoisotopic (exact) mass is 328 g/mol. The van der Waals surface area contributed by atoms with Gasteiger partial charge in [0.1, 0.15) is 5.69 Å². The number of aromatic nitrogens is 3. The third kappa shape index (κ3) is 3.89. The third-order valence-electron chi connectivity index (χ3n) is 3.80. The molecule has 1 aliphatic heterocycles. The third-order valence-corrected chi connectivity index (χ3v) is 3.80. The van der Waals surface area contributed by atoms with Crippen molar-refractivity contribution in [1.29, 1.82) is 0 Å². The van der Waals surface area contributed by atoms with Crippen LogP contribution in [0.2, 0.25) is 0 Å². The number of nitrogens with zero attached hydrogens (tertiary/aromatic N) is 4.